The number of fused-ring (bicyclic) bond motifs is 2. The van der Waals surface area contributed by atoms with Crippen LogP contribution >= 0.6 is 15.9 Å². The summed E-state index contributed by atoms with van der Waals surface area (Å²) in [5.74, 6) is 0.955. The Kier molecular flexibility index (Phi) is 3.54. The van der Waals surface area contributed by atoms with E-state index >= 15 is 0 Å². The van der Waals surface area contributed by atoms with E-state index in [4.69, 9.17) is 4.42 Å². The number of nitrogens with one attached hydrogen (secondary N) is 2. The van der Waals surface area contributed by atoms with Crippen LogP contribution in [-0.4, -0.2) is 24.0 Å². The minimum absolute atomic E-state index is 0.124. The summed E-state index contributed by atoms with van der Waals surface area (Å²) in [4.78, 5) is 12.3. The predicted octanol–water partition coefficient (Wildman–Crippen LogP) is 3.33. The lowest BCUT2D eigenvalue weighted by Gasteiger charge is -2.20. The van der Waals surface area contributed by atoms with E-state index in [1.165, 1.54) is 6.42 Å². The van der Waals surface area contributed by atoms with Crippen LogP contribution in [0.1, 0.15) is 29.8 Å². The van der Waals surface area contributed by atoms with Gasteiger partial charge in [0.05, 0.1) is 0 Å². The molecule has 4 rings (SSSR count). The molecule has 2 aromatic rings. The summed E-state index contributed by atoms with van der Waals surface area (Å²) >= 11 is 3.44. The van der Waals surface area contributed by atoms with Crippen molar-refractivity contribution in [1.29, 1.82) is 0 Å². The first kappa shape index (κ1) is 14.0. The summed E-state index contributed by atoms with van der Waals surface area (Å²) < 4.78 is 6.71. The van der Waals surface area contributed by atoms with Crippen molar-refractivity contribution in [2.45, 2.75) is 37.4 Å². The molecule has 2 bridgehead atoms. The average Bonchev–Trinajstić information content (AvgIpc) is 3.23. The zero-order valence-electron chi connectivity index (χ0n) is 12.0. The quantitative estimate of drug-likeness (QED) is 0.882. The van der Waals surface area contributed by atoms with E-state index in [0.717, 1.165) is 22.9 Å². The van der Waals surface area contributed by atoms with Crippen LogP contribution in [0, 0.1) is 0 Å². The second-order valence-electron chi connectivity index (χ2n) is 6.04. The van der Waals surface area contributed by atoms with Gasteiger partial charge < -0.3 is 15.1 Å². The molecule has 3 unspecified atom stereocenters. The molecule has 2 saturated heterocycles. The van der Waals surface area contributed by atoms with Crippen LogP contribution in [0.5, 0.6) is 0 Å². The SMILES string of the molecule is O=C(NC1CC2CCC1N2)c1ccc(-c2cccc(Br)c2)o1. The molecular formula is C17H17BrN2O2. The molecule has 2 N–H and O–H groups in total. The summed E-state index contributed by atoms with van der Waals surface area (Å²) in [6, 6.07) is 12.7. The Hall–Kier alpha value is -1.59. The zero-order valence-corrected chi connectivity index (χ0v) is 13.6. The molecule has 1 aromatic carbocycles. The van der Waals surface area contributed by atoms with Gasteiger partial charge in [-0.15, -0.1) is 0 Å². The number of hydrogen-bond donors (Lipinski definition) is 2. The Morgan fingerprint density at radius 2 is 2.18 bits per heavy atom. The maximum atomic E-state index is 12.3. The van der Waals surface area contributed by atoms with Gasteiger partial charge in [-0.3, -0.25) is 4.79 Å². The van der Waals surface area contributed by atoms with Crippen molar-refractivity contribution in [3.63, 3.8) is 0 Å². The van der Waals surface area contributed by atoms with Gasteiger partial charge in [-0.25, -0.2) is 0 Å². The number of halogens is 1. The molecule has 22 heavy (non-hydrogen) atoms. The summed E-state index contributed by atoms with van der Waals surface area (Å²) in [6.07, 6.45) is 3.40. The van der Waals surface area contributed by atoms with Gasteiger partial charge in [0.1, 0.15) is 5.76 Å². The first-order valence-electron chi connectivity index (χ1n) is 7.62. The number of rotatable bonds is 3. The van der Waals surface area contributed by atoms with Gasteiger partial charge in [0.15, 0.2) is 5.76 Å². The molecule has 0 spiro atoms. The van der Waals surface area contributed by atoms with Crippen LogP contribution in [-0.2, 0) is 0 Å². The molecule has 114 valence electrons. The summed E-state index contributed by atoms with van der Waals surface area (Å²) in [5.41, 5.74) is 0.954. The Morgan fingerprint density at radius 3 is 2.91 bits per heavy atom. The fourth-order valence-corrected chi connectivity index (χ4v) is 3.88. The molecule has 2 aliphatic rings. The molecule has 3 atom stereocenters. The van der Waals surface area contributed by atoms with Crippen LogP contribution in [0.15, 0.2) is 45.3 Å². The lowest BCUT2D eigenvalue weighted by Crippen LogP contribution is -2.42. The number of carbonyl (C=O) groups is 1. The minimum atomic E-state index is -0.124. The van der Waals surface area contributed by atoms with Crippen LogP contribution in [0.3, 0.4) is 0 Å². The van der Waals surface area contributed by atoms with Gasteiger partial charge in [-0.2, -0.15) is 0 Å². The molecule has 4 nitrogen and oxygen atoms in total. The highest BCUT2D eigenvalue weighted by atomic mass is 79.9. The number of furan rings is 1. The molecule has 5 heteroatoms. The molecule has 2 fully saturated rings. The molecule has 3 heterocycles. The smallest absolute Gasteiger partial charge is 0.287 e. The van der Waals surface area contributed by atoms with E-state index in [-0.39, 0.29) is 11.9 Å². The normalized spacial score (nSPS) is 26.3. The van der Waals surface area contributed by atoms with Crippen molar-refractivity contribution in [2.24, 2.45) is 0 Å². The molecule has 2 aliphatic heterocycles. The number of carbonyl (C=O) groups excluding carboxylic acids is 1. The van der Waals surface area contributed by atoms with Crippen molar-refractivity contribution >= 4 is 21.8 Å². The van der Waals surface area contributed by atoms with Crippen molar-refractivity contribution in [3.05, 3.63) is 46.6 Å². The largest absolute Gasteiger partial charge is 0.451 e. The number of amides is 1. The summed E-state index contributed by atoms with van der Waals surface area (Å²) in [5, 5.41) is 6.62. The van der Waals surface area contributed by atoms with E-state index in [1.54, 1.807) is 6.07 Å². The third kappa shape index (κ3) is 2.59. The Bertz CT molecular complexity index is 712. The van der Waals surface area contributed by atoms with Gasteiger partial charge >= 0.3 is 0 Å². The first-order chi connectivity index (χ1) is 10.7. The van der Waals surface area contributed by atoms with Crippen LogP contribution in [0.4, 0.5) is 0 Å². The second-order valence-corrected chi connectivity index (χ2v) is 6.95. The van der Waals surface area contributed by atoms with Gasteiger partial charge in [0, 0.05) is 28.2 Å². The topological polar surface area (TPSA) is 54.3 Å². The Balaban J connectivity index is 1.48. The third-order valence-corrected chi connectivity index (χ3v) is 5.05. The minimum Gasteiger partial charge on any atom is -0.451 e. The van der Waals surface area contributed by atoms with Gasteiger partial charge in [-0.05, 0) is 43.5 Å². The highest BCUT2D eigenvalue weighted by Gasteiger charge is 2.39. The second kappa shape index (κ2) is 5.56. The van der Waals surface area contributed by atoms with Crippen molar-refractivity contribution in [1.82, 2.24) is 10.6 Å². The molecule has 1 amide bonds. The van der Waals surface area contributed by atoms with Crippen LogP contribution in [0.2, 0.25) is 0 Å². The van der Waals surface area contributed by atoms with E-state index in [2.05, 4.69) is 26.6 Å². The highest BCUT2D eigenvalue weighted by Crippen LogP contribution is 2.29. The van der Waals surface area contributed by atoms with Crippen molar-refractivity contribution < 1.29 is 9.21 Å². The lowest BCUT2D eigenvalue weighted by atomic mass is 9.95. The Morgan fingerprint density at radius 1 is 1.27 bits per heavy atom. The van der Waals surface area contributed by atoms with E-state index in [9.17, 15) is 4.79 Å². The van der Waals surface area contributed by atoms with Crippen LogP contribution < -0.4 is 10.6 Å². The lowest BCUT2D eigenvalue weighted by molar-refractivity contribution is 0.0903. The van der Waals surface area contributed by atoms with E-state index < -0.39 is 0 Å². The number of hydrogen-bond acceptors (Lipinski definition) is 3. The highest BCUT2D eigenvalue weighted by molar-refractivity contribution is 9.10. The van der Waals surface area contributed by atoms with E-state index in [0.29, 0.717) is 23.6 Å². The molecule has 0 aliphatic carbocycles. The van der Waals surface area contributed by atoms with Gasteiger partial charge in [-0.1, -0.05) is 28.1 Å². The predicted molar refractivity (Wildman–Crippen MR) is 87.7 cm³/mol. The monoisotopic (exact) mass is 360 g/mol. The Labute approximate surface area is 137 Å². The molecule has 1 aromatic heterocycles. The fraction of sp³-hybridized carbons (Fsp3) is 0.353. The number of benzene rings is 1. The van der Waals surface area contributed by atoms with Crippen molar-refractivity contribution in [3.8, 4) is 11.3 Å². The first-order valence-corrected chi connectivity index (χ1v) is 8.41. The van der Waals surface area contributed by atoms with Gasteiger partial charge in [0.2, 0.25) is 0 Å². The fourth-order valence-electron chi connectivity index (χ4n) is 3.48. The molecule has 0 saturated carbocycles. The van der Waals surface area contributed by atoms with Crippen LogP contribution in [0.25, 0.3) is 11.3 Å². The molecular weight excluding hydrogens is 344 g/mol. The maximum Gasteiger partial charge on any atom is 0.287 e. The third-order valence-electron chi connectivity index (χ3n) is 4.56. The average molecular weight is 361 g/mol. The van der Waals surface area contributed by atoms with Gasteiger partial charge in [0.25, 0.3) is 5.91 Å². The van der Waals surface area contributed by atoms with E-state index in [1.807, 2.05) is 30.3 Å². The summed E-state index contributed by atoms with van der Waals surface area (Å²) in [7, 11) is 0. The standard InChI is InChI=1S/C17H17BrN2O2/c18-11-3-1-2-10(8-11)15-6-7-16(22-15)17(21)20-14-9-12-4-5-13(14)19-12/h1-3,6-8,12-14,19H,4-5,9H2,(H,20,21). The molecule has 0 radical (unpaired) electrons. The summed E-state index contributed by atoms with van der Waals surface area (Å²) in [6.45, 7) is 0. The van der Waals surface area contributed by atoms with Crippen molar-refractivity contribution in [2.75, 3.05) is 0 Å². The maximum absolute atomic E-state index is 12.3. The zero-order chi connectivity index (χ0) is 15.1.